The van der Waals surface area contributed by atoms with Crippen LogP contribution in [0.1, 0.15) is 29.6 Å². The molecule has 2 amide bonds. The van der Waals surface area contributed by atoms with E-state index in [0.717, 1.165) is 0 Å². The molecule has 1 aromatic heterocycles. The minimum absolute atomic E-state index is 0.0583. The fraction of sp³-hybridized carbons (Fsp3) is 0.522. The van der Waals surface area contributed by atoms with Gasteiger partial charge in [-0.2, -0.15) is 0 Å². The minimum Gasteiger partial charge on any atom is -0.490 e. The molecule has 2 aliphatic rings. The Bertz CT molecular complexity index is 977. The van der Waals surface area contributed by atoms with Crippen molar-refractivity contribution < 1.29 is 28.3 Å². The van der Waals surface area contributed by atoms with Crippen LogP contribution in [0.4, 0.5) is 0 Å². The zero-order valence-corrected chi connectivity index (χ0v) is 19.4. The van der Waals surface area contributed by atoms with E-state index in [0.29, 0.717) is 55.8 Å². The standard InChI is InChI=1S/C23H28ClN3O6/c1-2-18-13-20(25-33-18)22(29)27-8-11-32-23(15-27,14-21(28)26-6-9-30-10-7-26)16-31-19-5-3-4-17(24)12-19/h3-5,12-13H,2,6-11,14-16H2,1H3/t23-/m1/s1. The maximum absolute atomic E-state index is 13.1. The number of halogens is 1. The van der Waals surface area contributed by atoms with E-state index in [1.807, 2.05) is 6.92 Å². The van der Waals surface area contributed by atoms with Gasteiger partial charge in [-0.1, -0.05) is 29.7 Å². The summed E-state index contributed by atoms with van der Waals surface area (Å²) in [4.78, 5) is 29.6. The molecule has 4 rings (SSSR count). The molecule has 0 spiro atoms. The van der Waals surface area contributed by atoms with Crippen LogP contribution >= 0.6 is 11.6 Å². The molecule has 2 saturated heterocycles. The van der Waals surface area contributed by atoms with Crippen LogP contribution in [0.15, 0.2) is 34.9 Å². The maximum atomic E-state index is 13.1. The van der Waals surface area contributed by atoms with Crippen LogP contribution < -0.4 is 4.74 Å². The molecule has 0 unspecified atom stereocenters. The Kier molecular flexibility index (Phi) is 7.52. The molecule has 2 fully saturated rings. The Hall–Kier alpha value is -2.62. The fourth-order valence-electron chi connectivity index (χ4n) is 3.98. The van der Waals surface area contributed by atoms with E-state index < -0.39 is 5.60 Å². The summed E-state index contributed by atoms with van der Waals surface area (Å²) in [6, 6.07) is 8.69. The number of benzene rings is 1. The summed E-state index contributed by atoms with van der Waals surface area (Å²) in [5.74, 6) is 0.895. The van der Waals surface area contributed by atoms with Crippen molar-refractivity contribution >= 4 is 23.4 Å². The third-order valence-electron chi connectivity index (χ3n) is 5.80. The summed E-state index contributed by atoms with van der Waals surface area (Å²) in [6.45, 7) is 4.96. The molecule has 9 nitrogen and oxygen atoms in total. The molecule has 0 bridgehead atoms. The Balaban J connectivity index is 1.52. The molecule has 0 aliphatic carbocycles. The Labute approximate surface area is 197 Å². The van der Waals surface area contributed by atoms with E-state index in [1.54, 1.807) is 40.1 Å². The number of nitrogens with zero attached hydrogens (tertiary/aromatic N) is 3. The van der Waals surface area contributed by atoms with Crippen molar-refractivity contribution in [3.8, 4) is 5.75 Å². The lowest BCUT2D eigenvalue weighted by Gasteiger charge is -2.42. The van der Waals surface area contributed by atoms with Crippen molar-refractivity contribution in [2.75, 3.05) is 52.6 Å². The van der Waals surface area contributed by atoms with Crippen molar-refractivity contribution in [2.24, 2.45) is 0 Å². The monoisotopic (exact) mass is 477 g/mol. The van der Waals surface area contributed by atoms with Crippen LogP contribution in [0.5, 0.6) is 5.75 Å². The second-order valence-corrected chi connectivity index (χ2v) is 8.64. The number of aromatic nitrogens is 1. The highest BCUT2D eigenvalue weighted by Crippen LogP contribution is 2.27. The van der Waals surface area contributed by atoms with E-state index in [4.69, 9.17) is 30.3 Å². The molecule has 0 N–H and O–H groups in total. The number of aryl methyl sites for hydroxylation is 1. The normalized spacial score (nSPS) is 21.2. The second-order valence-electron chi connectivity index (χ2n) is 8.21. The van der Waals surface area contributed by atoms with E-state index in [2.05, 4.69) is 5.16 Å². The molecule has 10 heteroatoms. The topological polar surface area (TPSA) is 94.3 Å². The van der Waals surface area contributed by atoms with Gasteiger partial charge in [0, 0.05) is 37.1 Å². The third kappa shape index (κ3) is 5.85. The van der Waals surface area contributed by atoms with Gasteiger partial charge in [0.15, 0.2) is 5.69 Å². The summed E-state index contributed by atoms with van der Waals surface area (Å²) in [5, 5.41) is 4.45. The number of hydrogen-bond acceptors (Lipinski definition) is 7. The zero-order chi connectivity index (χ0) is 23.3. The quantitative estimate of drug-likeness (QED) is 0.604. The number of amides is 2. The van der Waals surface area contributed by atoms with E-state index >= 15 is 0 Å². The summed E-state index contributed by atoms with van der Waals surface area (Å²) in [7, 11) is 0. The Morgan fingerprint density at radius 1 is 1.15 bits per heavy atom. The summed E-state index contributed by atoms with van der Waals surface area (Å²) < 4.78 is 22.7. The number of carbonyl (C=O) groups excluding carboxylic acids is 2. The average Bonchev–Trinajstić information content (AvgIpc) is 3.32. The van der Waals surface area contributed by atoms with Gasteiger partial charge in [0.25, 0.3) is 5.91 Å². The summed E-state index contributed by atoms with van der Waals surface area (Å²) >= 11 is 6.08. The van der Waals surface area contributed by atoms with Crippen molar-refractivity contribution in [2.45, 2.75) is 25.4 Å². The number of rotatable bonds is 7. The van der Waals surface area contributed by atoms with Gasteiger partial charge in [-0.25, -0.2) is 0 Å². The van der Waals surface area contributed by atoms with Crippen LogP contribution in [0, 0.1) is 0 Å². The van der Waals surface area contributed by atoms with E-state index in [1.165, 1.54) is 0 Å². The first-order chi connectivity index (χ1) is 16.0. The molecule has 178 valence electrons. The van der Waals surface area contributed by atoms with Crippen LogP contribution in [-0.2, 0) is 20.7 Å². The van der Waals surface area contributed by atoms with Crippen LogP contribution in [-0.4, -0.2) is 85.0 Å². The zero-order valence-electron chi connectivity index (χ0n) is 18.6. The Morgan fingerprint density at radius 3 is 2.67 bits per heavy atom. The highest BCUT2D eigenvalue weighted by atomic mass is 35.5. The minimum atomic E-state index is -1.01. The maximum Gasteiger partial charge on any atom is 0.276 e. The molecule has 0 radical (unpaired) electrons. The van der Waals surface area contributed by atoms with Crippen molar-refractivity contribution in [3.05, 3.63) is 46.8 Å². The molecule has 2 aromatic rings. The second kappa shape index (κ2) is 10.5. The first-order valence-corrected chi connectivity index (χ1v) is 11.5. The molecule has 2 aliphatic heterocycles. The average molecular weight is 478 g/mol. The molecule has 1 atom stereocenters. The van der Waals surface area contributed by atoms with Crippen LogP contribution in [0.2, 0.25) is 5.02 Å². The predicted molar refractivity (Wildman–Crippen MR) is 119 cm³/mol. The number of carbonyl (C=O) groups is 2. The smallest absolute Gasteiger partial charge is 0.276 e. The third-order valence-corrected chi connectivity index (χ3v) is 6.03. The van der Waals surface area contributed by atoms with Gasteiger partial charge in [0.05, 0.1) is 32.8 Å². The molecule has 1 aromatic carbocycles. The highest BCUT2D eigenvalue weighted by molar-refractivity contribution is 6.30. The molecular formula is C23H28ClN3O6. The van der Waals surface area contributed by atoms with Gasteiger partial charge in [-0.05, 0) is 18.2 Å². The lowest BCUT2D eigenvalue weighted by molar-refractivity contribution is -0.155. The van der Waals surface area contributed by atoms with Gasteiger partial charge in [-0.15, -0.1) is 0 Å². The van der Waals surface area contributed by atoms with Gasteiger partial charge >= 0.3 is 0 Å². The highest BCUT2D eigenvalue weighted by Gasteiger charge is 2.43. The number of hydrogen-bond donors (Lipinski definition) is 0. The van der Waals surface area contributed by atoms with E-state index in [-0.39, 0.29) is 43.7 Å². The van der Waals surface area contributed by atoms with Crippen LogP contribution in [0.25, 0.3) is 0 Å². The predicted octanol–water partition coefficient (Wildman–Crippen LogP) is 2.43. The summed E-state index contributed by atoms with van der Waals surface area (Å²) in [6.07, 6.45) is 0.727. The SMILES string of the molecule is CCc1cc(C(=O)N2CCO[C@](COc3cccc(Cl)c3)(CC(=O)N3CCOCC3)C2)no1. The number of ether oxygens (including phenoxy) is 3. The number of morpholine rings is 2. The largest absolute Gasteiger partial charge is 0.490 e. The molecule has 33 heavy (non-hydrogen) atoms. The fourth-order valence-corrected chi connectivity index (χ4v) is 4.16. The first kappa shape index (κ1) is 23.5. The van der Waals surface area contributed by atoms with Crippen molar-refractivity contribution in [1.29, 1.82) is 0 Å². The van der Waals surface area contributed by atoms with Crippen molar-refractivity contribution in [1.82, 2.24) is 15.0 Å². The summed E-state index contributed by atoms with van der Waals surface area (Å²) in [5.41, 5.74) is -0.763. The van der Waals surface area contributed by atoms with Gasteiger partial charge in [0.1, 0.15) is 23.7 Å². The van der Waals surface area contributed by atoms with Gasteiger partial charge in [-0.3, -0.25) is 9.59 Å². The molecular weight excluding hydrogens is 450 g/mol. The molecule has 3 heterocycles. The van der Waals surface area contributed by atoms with Crippen molar-refractivity contribution in [3.63, 3.8) is 0 Å². The van der Waals surface area contributed by atoms with Gasteiger partial charge < -0.3 is 28.5 Å². The van der Waals surface area contributed by atoms with E-state index in [9.17, 15) is 9.59 Å². The van der Waals surface area contributed by atoms with Crippen LogP contribution in [0.3, 0.4) is 0 Å². The van der Waals surface area contributed by atoms with Gasteiger partial charge in [0.2, 0.25) is 5.91 Å². The first-order valence-electron chi connectivity index (χ1n) is 11.1. The lowest BCUT2D eigenvalue weighted by atomic mass is 9.96. The Morgan fingerprint density at radius 2 is 1.94 bits per heavy atom. The molecule has 0 saturated carbocycles. The lowest BCUT2D eigenvalue weighted by Crippen LogP contribution is -2.58.